The van der Waals surface area contributed by atoms with Crippen LogP contribution >= 0.6 is 0 Å². The van der Waals surface area contributed by atoms with E-state index in [1.165, 1.54) is 6.92 Å². The van der Waals surface area contributed by atoms with Gasteiger partial charge in [-0.15, -0.1) is 0 Å². The monoisotopic (exact) mass is 258 g/mol. The van der Waals surface area contributed by atoms with Crippen molar-refractivity contribution in [2.75, 3.05) is 17.6 Å². The zero-order valence-corrected chi connectivity index (χ0v) is 11.2. The number of nitrogen functional groups attached to an aromatic ring is 1. The van der Waals surface area contributed by atoms with Gasteiger partial charge in [0.2, 0.25) is 0 Å². The zero-order chi connectivity index (χ0) is 13.8. The molecule has 0 saturated heterocycles. The van der Waals surface area contributed by atoms with Crippen LogP contribution in [0.15, 0.2) is 30.5 Å². The lowest BCUT2D eigenvalue weighted by Crippen LogP contribution is -2.07. The molecule has 0 unspecified atom stereocenters. The summed E-state index contributed by atoms with van der Waals surface area (Å²) in [5.41, 5.74) is 8.87. The van der Waals surface area contributed by atoms with Gasteiger partial charge in [-0.2, -0.15) is 5.10 Å². The normalized spacial score (nSPS) is 10.4. The molecule has 2 aromatic rings. The first-order chi connectivity index (χ1) is 9.06. The second-order valence-corrected chi connectivity index (χ2v) is 4.52. The largest absolute Gasteiger partial charge is 0.398 e. The van der Waals surface area contributed by atoms with Crippen molar-refractivity contribution < 1.29 is 4.79 Å². The fourth-order valence-electron chi connectivity index (χ4n) is 1.92. The van der Waals surface area contributed by atoms with Crippen molar-refractivity contribution in [1.82, 2.24) is 9.78 Å². The molecule has 1 aromatic carbocycles. The van der Waals surface area contributed by atoms with Gasteiger partial charge in [-0.3, -0.25) is 9.48 Å². The number of hydrogen-bond donors (Lipinski definition) is 2. The number of aryl methyl sites for hydroxylation is 1. The summed E-state index contributed by atoms with van der Waals surface area (Å²) in [7, 11) is 1.90. The Labute approximate surface area is 112 Å². The molecule has 0 saturated carbocycles. The maximum Gasteiger partial charge on any atom is 0.161 e. The van der Waals surface area contributed by atoms with Crippen molar-refractivity contribution in [3.8, 4) is 0 Å². The molecule has 5 nitrogen and oxygen atoms in total. The van der Waals surface area contributed by atoms with Gasteiger partial charge < -0.3 is 11.1 Å². The molecule has 19 heavy (non-hydrogen) atoms. The molecule has 3 N–H and O–H groups in total. The number of Topliss-reactive ketones (excluding diaryl/α,β-unsaturated/α-hetero) is 1. The minimum absolute atomic E-state index is 0.0162. The third-order valence-electron chi connectivity index (χ3n) is 2.91. The minimum Gasteiger partial charge on any atom is -0.398 e. The molecule has 0 spiro atoms. The second kappa shape index (κ2) is 5.56. The zero-order valence-electron chi connectivity index (χ0n) is 11.2. The third kappa shape index (κ3) is 3.34. The fraction of sp³-hybridized carbons (Fsp3) is 0.286. The molecule has 1 heterocycles. The Kier molecular flexibility index (Phi) is 3.85. The molecular weight excluding hydrogens is 240 g/mol. The molecule has 0 amide bonds. The van der Waals surface area contributed by atoms with Crippen molar-refractivity contribution in [3.63, 3.8) is 0 Å². The highest BCUT2D eigenvalue weighted by Gasteiger charge is 2.05. The molecular formula is C14H18N4O. The van der Waals surface area contributed by atoms with Crippen LogP contribution in [0.2, 0.25) is 0 Å². The van der Waals surface area contributed by atoms with Gasteiger partial charge in [0.15, 0.2) is 5.78 Å². The molecule has 1 aromatic heterocycles. The number of nitrogens with two attached hydrogens (primary N) is 1. The summed E-state index contributed by atoms with van der Waals surface area (Å²) in [6.07, 6.45) is 2.77. The number of benzene rings is 1. The standard InChI is InChI=1S/C14H18N4O/c1-10(19)13-4-3-12(9-14(13)15)16-7-5-11-6-8-18(2)17-11/h3-4,6,8-9,16H,5,7,15H2,1-2H3. The Bertz CT molecular complexity index is 589. The Hall–Kier alpha value is -2.30. The third-order valence-corrected chi connectivity index (χ3v) is 2.91. The van der Waals surface area contributed by atoms with Gasteiger partial charge in [0.05, 0.1) is 5.69 Å². The van der Waals surface area contributed by atoms with Crippen LogP contribution in [0.1, 0.15) is 23.0 Å². The van der Waals surface area contributed by atoms with Crippen molar-refractivity contribution >= 4 is 17.2 Å². The summed E-state index contributed by atoms with van der Waals surface area (Å²) in [6, 6.07) is 7.40. The first kappa shape index (κ1) is 13.1. The van der Waals surface area contributed by atoms with Crippen molar-refractivity contribution in [2.45, 2.75) is 13.3 Å². The summed E-state index contributed by atoms with van der Waals surface area (Å²) >= 11 is 0. The lowest BCUT2D eigenvalue weighted by atomic mass is 10.1. The highest BCUT2D eigenvalue weighted by molar-refractivity contribution is 5.99. The first-order valence-electron chi connectivity index (χ1n) is 6.19. The molecule has 2 rings (SSSR count). The van der Waals surface area contributed by atoms with Crippen molar-refractivity contribution in [2.24, 2.45) is 7.05 Å². The van der Waals surface area contributed by atoms with E-state index in [4.69, 9.17) is 5.73 Å². The lowest BCUT2D eigenvalue weighted by Gasteiger charge is -2.08. The average Bonchev–Trinajstić information content (AvgIpc) is 2.75. The summed E-state index contributed by atoms with van der Waals surface area (Å²) < 4.78 is 1.79. The first-order valence-corrected chi connectivity index (χ1v) is 6.19. The van der Waals surface area contributed by atoms with E-state index in [9.17, 15) is 4.79 Å². The van der Waals surface area contributed by atoms with Crippen LogP contribution in [-0.2, 0) is 13.5 Å². The van der Waals surface area contributed by atoms with E-state index in [0.717, 1.165) is 24.3 Å². The van der Waals surface area contributed by atoms with Crippen LogP contribution in [0.4, 0.5) is 11.4 Å². The van der Waals surface area contributed by atoms with Crippen LogP contribution in [0.25, 0.3) is 0 Å². The average molecular weight is 258 g/mol. The predicted molar refractivity (Wildman–Crippen MR) is 76.3 cm³/mol. The number of carbonyl (C=O) groups excluding carboxylic acids is 1. The van der Waals surface area contributed by atoms with E-state index in [1.807, 2.05) is 25.4 Å². The Balaban J connectivity index is 1.93. The van der Waals surface area contributed by atoms with Gasteiger partial charge in [0, 0.05) is 43.1 Å². The van der Waals surface area contributed by atoms with Gasteiger partial charge >= 0.3 is 0 Å². The SMILES string of the molecule is CC(=O)c1ccc(NCCc2ccn(C)n2)cc1N. The van der Waals surface area contributed by atoms with E-state index in [-0.39, 0.29) is 5.78 Å². The number of hydrogen-bond acceptors (Lipinski definition) is 4. The quantitative estimate of drug-likeness (QED) is 0.634. The van der Waals surface area contributed by atoms with Crippen molar-refractivity contribution in [1.29, 1.82) is 0 Å². The number of carbonyl (C=O) groups is 1. The number of ketones is 1. The highest BCUT2D eigenvalue weighted by atomic mass is 16.1. The second-order valence-electron chi connectivity index (χ2n) is 4.52. The van der Waals surface area contributed by atoms with Crippen LogP contribution in [0.5, 0.6) is 0 Å². The Morgan fingerprint density at radius 2 is 2.21 bits per heavy atom. The van der Waals surface area contributed by atoms with Crippen LogP contribution in [0.3, 0.4) is 0 Å². The molecule has 0 radical (unpaired) electrons. The van der Waals surface area contributed by atoms with Gasteiger partial charge in [-0.1, -0.05) is 0 Å². The van der Waals surface area contributed by atoms with Crippen LogP contribution < -0.4 is 11.1 Å². The lowest BCUT2D eigenvalue weighted by molar-refractivity contribution is 0.101. The van der Waals surface area contributed by atoms with Gasteiger partial charge in [0.25, 0.3) is 0 Å². The summed E-state index contributed by atoms with van der Waals surface area (Å²) in [5.74, 6) is -0.0162. The van der Waals surface area contributed by atoms with Crippen molar-refractivity contribution in [3.05, 3.63) is 41.7 Å². The van der Waals surface area contributed by atoms with Gasteiger partial charge in [-0.05, 0) is 31.2 Å². The predicted octanol–water partition coefficient (Wildman–Crippen LogP) is 1.86. The fourth-order valence-corrected chi connectivity index (χ4v) is 1.92. The number of nitrogens with zero attached hydrogens (tertiary/aromatic N) is 2. The van der Waals surface area contributed by atoms with E-state index >= 15 is 0 Å². The molecule has 0 bridgehead atoms. The summed E-state index contributed by atoms with van der Waals surface area (Å²) in [4.78, 5) is 11.3. The highest BCUT2D eigenvalue weighted by Crippen LogP contribution is 2.18. The smallest absolute Gasteiger partial charge is 0.161 e. The molecule has 0 aliphatic heterocycles. The molecule has 0 aliphatic rings. The molecule has 100 valence electrons. The topological polar surface area (TPSA) is 72.9 Å². The number of aromatic nitrogens is 2. The van der Waals surface area contributed by atoms with E-state index in [1.54, 1.807) is 16.8 Å². The maximum absolute atomic E-state index is 11.3. The number of rotatable bonds is 5. The summed E-state index contributed by atoms with van der Waals surface area (Å²) in [6.45, 7) is 2.29. The molecule has 0 aliphatic carbocycles. The maximum atomic E-state index is 11.3. The van der Waals surface area contributed by atoms with Crippen LogP contribution in [-0.4, -0.2) is 22.1 Å². The van der Waals surface area contributed by atoms with Gasteiger partial charge in [0.1, 0.15) is 0 Å². The molecule has 0 atom stereocenters. The Morgan fingerprint density at radius 1 is 1.42 bits per heavy atom. The van der Waals surface area contributed by atoms with E-state index < -0.39 is 0 Å². The Morgan fingerprint density at radius 3 is 2.79 bits per heavy atom. The number of anilines is 2. The molecule has 5 heteroatoms. The summed E-state index contributed by atoms with van der Waals surface area (Å²) in [5, 5.41) is 7.57. The minimum atomic E-state index is -0.0162. The van der Waals surface area contributed by atoms with E-state index in [2.05, 4.69) is 10.4 Å². The van der Waals surface area contributed by atoms with E-state index in [0.29, 0.717) is 11.3 Å². The number of nitrogens with one attached hydrogen (secondary N) is 1. The van der Waals surface area contributed by atoms with Crippen LogP contribution in [0, 0.1) is 0 Å². The molecule has 0 fully saturated rings. The van der Waals surface area contributed by atoms with Gasteiger partial charge in [-0.25, -0.2) is 0 Å².